The van der Waals surface area contributed by atoms with Gasteiger partial charge in [-0.3, -0.25) is 9.59 Å². The molecule has 1 aliphatic heterocycles. The van der Waals surface area contributed by atoms with Gasteiger partial charge in [0, 0.05) is 24.6 Å². The molecule has 0 atom stereocenters. The summed E-state index contributed by atoms with van der Waals surface area (Å²) in [6.45, 7) is 2.86. The predicted octanol–water partition coefficient (Wildman–Crippen LogP) is 2.48. The van der Waals surface area contributed by atoms with Crippen LogP contribution in [0.5, 0.6) is 17.2 Å². The van der Waals surface area contributed by atoms with Crippen molar-refractivity contribution in [2.45, 2.75) is 19.8 Å². The fraction of sp³-hybridized carbons (Fsp3) is 0.450. The average Bonchev–Trinajstić information content (AvgIpc) is 3.13. The molecule has 0 bridgehead atoms. The van der Waals surface area contributed by atoms with Gasteiger partial charge in [-0.25, -0.2) is 4.98 Å². The van der Waals surface area contributed by atoms with Crippen molar-refractivity contribution in [2.24, 2.45) is 11.7 Å². The van der Waals surface area contributed by atoms with Crippen LogP contribution in [0.4, 0.5) is 0 Å². The summed E-state index contributed by atoms with van der Waals surface area (Å²) >= 11 is 1.33. The molecule has 1 aromatic carbocycles. The van der Waals surface area contributed by atoms with Gasteiger partial charge in [-0.15, -0.1) is 11.3 Å². The van der Waals surface area contributed by atoms with Gasteiger partial charge in [-0.2, -0.15) is 0 Å². The summed E-state index contributed by atoms with van der Waals surface area (Å²) in [4.78, 5) is 31.3. The molecule has 29 heavy (non-hydrogen) atoms. The molecule has 2 N–H and O–H groups in total. The number of hydrogen-bond donors (Lipinski definition) is 1. The van der Waals surface area contributed by atoms with Gasteiger partial charge in [0.25, 0.3) is 5.91 Å². The van der Waals surface area contributed by atoms with E-state index in [1.54, 1.807) is 26.2 Å². The van der Waals surface area contributed by atoms with Crippen LogP contribution in [0.2, 0.25) is 0 Å². The van der Waals surface area contributed by atoms with Gasteiger partial charge in [0.15, 0.2) is 11.5 Å². The number of amides is 2. The Hall–Kier alpha value is -2.81. The third-order valence-corrected chi connectivity index (χ3v) is 6.28. The van der Waals surface area contributed by atoms with E-state index in [0.29, 0.717) is 58.8 Å². The minimum absolute atomic E-state index is 0.0680. The number of nitrogens with two attached hydrogens (primary N) is 1. The summed E-state index contributed by atoms with van der Waals surface area (Å²) in [5, 5.41) is 0.692. The van der Waals surface area contributed by atoms with Gasteiger partial charge in [0.1, 0.15) is 9.88 Å². The van der Waals surface area contributed by atoms with Crippen molar-refractivity contribution in [3.63, 3.8) is 0 Å². The lowest BCUT2D eigenvalue weighted by Gasteiger charge is -2.30. The normalized spacial score (nSPS) is 14.6. The molecule has 0 spiro atoms. The molecule has 156 valence electrons. The minimum Gasteiger partial charge on any atom is -0.493 e. The number of hydrogen-bond acceptors (Lipinski definition) is 7. The molecule has 8 nitrogen and oxygen atoms in total. The Morgan fingerprint density at radius 2 is 1.69 bits per heavy atom. The van der Waals surface area contributed by atoms with Crippen LogP contribution in [-0.2, 0) is 4.79 Å². The molecule has 0 radical (unpaired) electrons. The van der Waals surface area contributed by atoms with E-state index in [-0.39, 0.29) is 17.7 Å². The first kappa shape index (κ1) is 20.9. The van der Waals surface area contributed by atoms with Gasteiger partial charge in [0.2, 0.25) is 11.7 Å². The SMILES string of the molecule is COc1cc(-c2nc(C)c(C(=O)N3CCC(C(N)=O)CC3)s2)cc(OC)c1OC. The summed E-state index contributed by atoms with van der Waals surface area (Å²) in [5.41, 5.74) is 6.82. The number of rotatable bonds is 6. The van der Waals surface area contributed by atoms with Crippen LogP contribution < -0.4 is 19.9 Å². The van der Waals surface area contributed by atoms with Crippen molar-refractivity contribution >= 4 is 23.2 Å². The molecular formula is C20H25N3O5S. The summed E-state index contributed by atoms with van der Waals surface area (Å²) in [7, 11) is 4.66. The Kier molecular flexibility index (Phi) is 6.26. The minimum atomic E-state index is -0.296. The van der Waals surface area contributed by atoms with E-state index in [2.05, 4.69) is 4.98 Å². The molecule has 0 aliphatic carbocycles. The highest BCUT2D eigenvalue weighted by molar-refractivity contribution is 7.17. The zero-order chi connectivity index (χ0) is 21.1. The fourth-order valence-corrected chi connectivity index (χ4v) is 4.45. The number of benzene rings is 1. The third-order valence-electron chi connectivity index (χ3n) is 5.09. The predicted molar refractivity (Wildman–Crippen MR) is 110 cm³/mol. The van der Waals surface area contributed by atoms with Crippen LogP contribution in [0.25, 0.3) is 10.6 Å². The molecule has 1 saturated heterocycles. The Bertz CT molecular complexity index is 894. The first-order valence-corrected chi connectivity index (χ1v) is 10.1. The molecule has 0 saturated carbocycles. The van der Waals surface area contributed by atoms with Crippen LogP contribution in [0.1, 0.15) is 28.2 Å². The van der Waals surface area contributed by atoms with Crippen LogP contribution in [0.15, 0.2) is 12.1 Å². The lowest BCUT2D eigenvalue weighted by Crippen LogP contribution is -2.41. The molecule has 3 rings (SSSR count). The molecule has 1 aromatic heterocycles. The number of primary amides is 1. The van der Waals surface area contributed by atoms with E-state index in [9.17, 15) is 9.59 Å². The summed E-state index contributed by atoms with van der Waals surface area (Å²) in [6, 6.07) is 3.62. The number of ether oxygens (including phenoxy) is 3. The number of piperidine rings is 1. The fourth-order valence-electron chi connectivity index (χ4n) is 3.43. The third kappa shape index (κ3) is 4.14. The zero-order valence-corrected chi connectivity index (χ0v) is 17.8. The maximum atomic E-state index is 13.0. The van der Waals surface area contributed by atoms with Crippen molar-refractivity contribution < 1.29 is 23.8 Å². The van der Waals surface area contributed by atoms with Gasteiger partial charge >= 0.3 is 0 Å². The quantitative estimate of drug-likeness (QED) is 0.771. The monoisotopic (exact) mass is 419 g/mol. The molecule has 2 heterocycles. The number of carbonyl (C=O) groups is 2. The van der Waals surface area contributed by atoms with E-state index in [1.165, 1.54) is 11.3 Å². The highest BCUT2D eigenvalue weighted by Crippen LogP contribution is 2.42. The summed E-state index contributed by atoms with van der Waals surface area (Å²) in [5.74, 6) is 1.03. The Labute approximate surface area is 173 Å². The maximum absolute atomic E-state index is 13.0. The van der Waals surface area contributed by atoms with Crippen molar-refractivity contribution in [3.05, 3.63) is 22.7 Å². The first-order chi connectivity index (χ1) is 13.9. The molecule has 9 heteroatoms. The van der Waals surface area contributed by atoms with Gasteiger partial charge in [-0.1, -0.05) is 0 Å². The molecular weight excluding hydrogens is 394 g/mol. The van der Waals surface area contributed by atoms with E-state index >= 15 is 0 Å². The van der Waals surface area contributed by atoms with E-state index in [4.69, 9.17) is 19.9 Å². The van der Waals surface area contributed by atoms with Gasteiger partial charge in [0.05, 0.1) is 27.0 Å². The lowest BCUT2D eigenvalue weighted by atomic mass is 9.96. The second-order valence-electron chi connectivity index (χ2n) is 6.82. The van der Waals surface area contributed by atoms with Gasteiger partial charge < -0.3 is 24.8 Å². The number of aryl methyl sites for hydroxylation is 1. The van der Waals surface area contributed by atoms with E-state index in [1.807, 2.05) is 19.1 Å². The molecule has 2 aromatic rings. The topological polar surface area (TPSA) is 104 Å². The number of aromatic nitrogens is 1. The Balaban J connectivity index is 1.87. The van der Waals surface area contributed by atoms with Crippen LogP contribution in [0, 0.1) is 12.8 Å². The molecule has 2 amide bonds. The number of nitrogens with zero attached hydrogens (tertiary/aromatic N) is 2. The van der Waals surface area contributed by atoms with Crippen LogP contribution >= 0.6 is 11.3 Å². The van der Waals surface area contributed by atoms with Crippen molar-refractivity contribution in [1.82, 2.24) is 9.88 Å². The number of carbonyl (C=O) groups excluding carboxylic acids is 2. The van der Waals surface area contributed by atoms with Gasteiger partial charge in [-0.05, 0) is 31.9 Å². The van der Waals surface area contributed by atoms with E-state index in [0.717, 1.165) is 5.56 Å². The Morgan fingerprint density at radius 1 is 1.10 bits per heavy atom. The van der Waals surface area contributed by atoms with Crippen molar-refractivity contribution in [2.75, 3.05) is 34.4 Å². The Morgan fingerprint density at radius 3 is 2.17 bits per heavy atom. The zero-order valence-electron chi connectivity index (χ0n) is 17.0. The number of thiazole rings is 1. The van der Waals surface area contributed by atoms with Crippen LogP contribution in [-0.4, -0.2) is 56.1 Å². The molecule has 1 aliphatic rings. The highest BCUT2D eigenvalue weighted by Gasteiger charge is 2.29. The molecule has 1 fully saturated rings. The van der Waals surface area contributed by atoms with Crippen molar-refractivity contribution in [3.8, 4) is 27.8 Å². The number of likely N-dealkylation sites (tertiary alicyclic amines) is 1. The standard InChI is InChI=1S/C20H25N3O5S/c1-11-17(20(25)23-7-5-12(6-8-23)18(21)24)29-19(22-11)13-9-14(26-2)16(28-4)15(10-13)27-3/h9-10,12H,5-8H2,1-4H3,(H2,21,24). The maximum Gasteiger partial charge on any atom is 0.265 e. The average molecular weight is 420 g/mol. The summed E-state index contributed by atoms with van der Waals surface area (Å²) < 4.78 is 16.2. The first-order valence-electron chi connectivity index (χ1n) is 9.26. The second-order valence-corrected chi connectivity index (χ2v) is 7.82. The smallest absolute Gasteiger partial charge is 0.265 e. The summed E-state index contributed by atoms with van der Waals surface area (Å²) in [6.07, 6.45) is 1.19. The van der Waals surface area contributed by atoms with Crippen molar-refractivity contribution in [1.29, 1.82) is 0 Å². The highest BCUT2D eigenvalue weighted by atomic mass is 32.1. The van der Waals surface area contributed by atoms with E-state index < -0.39 is 0 Å². The van der Waals surface area contributed by atoms with Crippen LogP contribution in [0.3, 0.4) is 0 Å². The molecule has 0 unspecified atom stereocenters. The largest absolute Gasteiger partial charge is 0.493 e. The number of methoxy groups -OCH3 is 3. The second kappa shape index (κ2) is 8.69. The lowest BCUT2D eigenvalue weighted by molar-refractivity contribution is -0.123.